The van der Waals surface area contributed by atoms with Gasteiger partial charge in [0.05, 0.1) is 30.4 Å². The largest absolute Gasteiger partial charge is 0.379 e. The summed E-state index contributed by atoms with van der Waals surface area (Å²) in [5, 5.41) is 8.26. The molecule has 0 radical (unpaired) electrons. The minimum atomic E-state index is -2.59. The first-order valence-electron chi connectivity index (χ1n) is 13.6. The number of nitrogens with one attached hydrogen (secondary N) is 1. The van der Waals surface area contributed by atoms with E-state index in [2.05, 4.69) is 25.2 Å². The van der Waals surface area contributed by atoms with Crippen LogP contribution in [0.3, 0.4) is 0 Å². The number of pyridine rings is 1. The van der Waals surface area contributed by atoms with E-state index < -0.39 is 5.92 Å². The molecule has 3 fully saturated rings. The Balaban J connectivity index is 1.08. The Morgan fingerprint density at radius 1 is 1.00 bits per heavy atom. The number of nitrogens with zero attached hydrogens (tertiary/aromatic N) is 7. The van der Waals surface area contributed by atoms with Crippen LogP contribution in [-0.4, -0.2) is 78.3 Å². The molecular formula is C27H32F2N8O. The molecule has 4 aromatic heterocycles. The number of halogens is 2. The molecule has 0 atom stereocenters. The fourth-order valence-corrected chi connectivity index (χ4v) is 6.43. The highest BCUT2D eigenvalue weighted by atomic mass is 19.3. The third-order valence-corrected chi connectivity index (χ3v) is 8.48. The van der Waals surface area contributed by atoms with Gasteiger partial charge in [0.1, 0.15) is 5.82 Å². The number of morpholine rings is 1. The highest BCUT2D eigenvalue weighted by Crippen LogP contribution is 2.47. The lowest BCUT2D eigenvalue weighted by Gasteiger charge is -2.38. The molecule has 0 aromatic carbocycles. The molecule has 0 amide bonds. The minimum Gasteiger partial charge on any atom is -0.379 e. The second-order valence-electron chi connectivity index (χ2n) is 11.0. The van der Waals surface area contributed by atoms with Crippen molar-refractivity contribution < 1.29 is 13.5 Å². The van der Waals surface area contributed by atoms with E-state index in [1.54, 1.807) is 6.20 Å². The van der Waals surface area contributed by atoms with Crippen LogP contribution in [0.4, 0.5) is 14.7 Å². The van der Waals surface area contributed by atoms with Crippen molar-refractivity contribution in [1.82, 2.24) is 34.0 Å². The quantitative estimate of drug-likeness (QED) is 0.414. The van der Waals surface area contributed by atoms with Gasteiger partial charge in [-0.2, -0.15) is 0 Å². The highest BCUT2D eigenvalue weighted by molar-refractivity contribution is 5.85. The van der Waals surface area contributed by atoms with Crippen LogP contribution in [-0.2, 0) is 4.74 Å². The fraction of sp³-hybridized carbons (Fsp3) is 0.556. The Hall–Kier alpha value is -3.18. The summed E-state index contributed by atoms with van der Waals surface area (Å²) in [5.41, 5.74) is 4.06. The molecule has 1 saturated heterocycles. The van der Waals surface area contributed by atoms with Gasteiger partial charge in [0, 0.05) is 67.6 Å². The summed E-state index contributed by atoms with van der Waals surface area (Å²) in [4.78, 5) is 16.3. The van der Waals surface area contributed by atoms with E-state index >= 15 is 0 Å². The number of hydrogen-bond donors (Lipinski definition) is 1. The van der Waals surface area contributed by atoms with Gasteiger partial charge in [0.15, 0.2) is 5.65 Å². The molecule has 0 spiro atoms. The number of anilines is 1. The molecule has 3 aliphatic rings. The summed E-state index contributed by atoms with van der Waals surface area (Å²) in [6, 6.07) is 4.76. The minimum absolute atomic E-state index is 0.156. The average molecular weight is 523 g/mol. The molecular weight excluding hydrogens is 490 g/mol. The van der Waals surface area contributed by atoms with Crippen molar-refractivity contribution >= 4 is 22.6 Å². The maximum atomic E-state index is 13.6. The second-order valence-corrected chi connectivity index (χ2v) is 11.0. The van der Waals surface area contributed by atoms with E-state index in [1.807, 2.05) is 40.5 Å². The van der Waals surface area contributed by atoms with Crippen molar-refractivity contribution in [3.8, 4) is 11.1 Å². The molecule has 11 heteroatoms. The zero-order valence-corrected chi connectivity index (χ0v) is 21.5. The summed E-state index contributed by atoms with van der Waals surface area (Å²) in [6.45, 7) is 5.62. The number of ether oxygens (including phenoxy) is 1. The number of fused-ring (bicyclic) bond motifs is 2. The molecule has 200 valence electrons. The normalized spacial score (nSPS) is 24.6. The molecule has 9 nitrogen and oxygen atoms in total. The summed E-state index contributed by atoms with van der Waals surface area (Å²) >= 11 is 0. The zero-order chi connectivity index (χ0) is 25.9. The summed E-state index contributed by atoms with van der Waals surface area (Å²) < 4.78 is 36.4. The lowest BCUT2D eigenvalue weighted by molar-refractivity contribution is -0.103. The SMILES string of the molecule is Cc1nc2ncc(-c3ccn4nc(NC5CCC(N6CCOCC6)CC5)ncc34)cc2n1C1CC(F)(F)C1. The Bertz CT molecular complexity index is 1460. The van der Waals surface area contributed by atoms with Gasteiger partial charge in [0.2, 0.25) is 5.95 Å². The first kappa shape index (κ1) is 23.9. The van der Waals surface area contributed by atoms with E-state index in [0.29, 0.717) is 29.5 Å². The third kappa shape index (κ3) is 4.31. The topological polar surface area (TPSA) is 85.4 Å². The second kappa shape index (κ2) is 9.23. The Labute approximate surface area is 219 Å². The van der Waals surface area contributed by atoms with Crippen LogP contribution in [0, 0.1) is 6.92 Å². The van der Waals surface area contributed by atoms with Gasteiger partial charge in [-0.1, -0.05) is 0 Å². The van der Waals surface area contributed by atoms with E-state index in [1.165, 1.54) is 12.8 Å². The smallest absolute Gasteiger partial charge is 0.252 e. The van der Waals surface area contributed by atoms with Crippen molar-refractivity contribution in [2.24, 2.45) is 0 Å². The van der Waals surface area contributed by atoms with Crippen molar-refractivity contribution in [3.63, 3.8) is 0 Å². The van der Waals surface area contributed by atoms with Crippen LogP contribution in [0.1, 0.15) is 50.4 Å². The molecule has 38 heavy (non-hydrogen) atoms. The first-order valence-corrected chi connectivity index (χ1v) is 13.6. The molecule has 4 aromatic rings. The van der Waals surface area contributed by atoms with Crippen LogP contribution in [0.15, 0.2) is 30.7 Å². The molecule has 2 aliphatic carbocycles. The number of alkyl halides is 2. The summed E-state index contributed by atoms with van der Waals surface area (Å²) in [7, 11) is 0. The molecule has 0 bridgehead atoms. The molecule has 2 saturated carbocycles. The lowest BCUT2D eigenvalue weighted by Crippen LogP contribution is -2.46. The van der Waals surface area contributed by atoms with Crippen LogP contribution >= 0.6 is 0 Å². The van der Waals surface area contributed by atoms with E-state index in [9.17, 15) is 8.78 Å². The summed E-state index contributed by atoms with van der Waals surface area (Å²) in [5.74, 6) is -1.25. The predicted octanol–water partition coefficient (Wildman–Crippen LogP) is 4.47. The monoisotopic (exact) mass is 522 g/mol. The van der Waals surface area contributed by atoms with Gasteiger partial charge in [0.25, 0.3) is 5.92 Å². The Kier molecular flexibility index (Phi) is 5.81. The molecule has 0 unspecified atom stereocenters. The number of aryl methyl sites for hydroxylation is 1. The Morgan fingerprint density at radius 2 is 1.79 bits per heavy atom. The maximum Gasteiger partial charge on any atom is 0.252 e. The third-order valence-electron chi connectivity index (χ3n) is 8.48. The van der Waals surface area contributed by atoms with Crippen LogP contribution in [0.25, 0.3) is 27.8 Å². The van der Waals surface area contributed by atoms with E-state index in [-0.39, 0.29) is 18.9 Å². The van der Waals surface area contributed by atoms with E-state index in [0.717, 1.165) is 61.3 Å². The van der Waals surface area contributed by atoms with Crippen LogP contribution < -0.4 is 5.32 Å². The van der Waals surface area contributed by atoms with Gasteiger partial charge in [-0.25, -0.2) is 28.2 Å². The van der Waals surface area contributed by atoms with Crippen LogP contribution in [0.5, 0.6) is 0 Å². The van der Waals surface area contributed by atoms with Gasteiger partial charge in [-0.15, -0.1) is 5.10 Å². The van der Waals surface area contributed by atoms with Crippen LogP contribution in [0.2, 0.25) is 0 Å². The molecule has 5 heterocycles. The van der Waals surface area contributed by atoms with E-state index in [4.69, 9.17) is 9.84 Å². The van der Waals surface area contributed by atoms with Crippen molar-refractivity contribution in [1.29, 1.82) is 0 Å². The summed E-state index contributed by atoms with van der Waals surface area (Å²) in [6.07, 6.45) is 9.79. The average Bonchev–Trinajstić information content (AvgIpc) is 3.47. The number of imidazole rings is 1. The lowest BCUT2D eigenvalue weighted by atomic mass is 9.87. The van der Waals surface area contributed by atoms with Gasteiger partial charge >= 0.3 is 0 Å². The number of aromatic nitrogens is 6. The zero-order valence-electron chi connectivity index (χ0n) is 21.5. The van der Waals surface area contributed by atoms with Gasteiger partial charge in [-0.3, -0.25) is 4.90 Å². The van der Waals surface area contributed by atoms with Gasteiger partial charge < -0.3 is 14.6 Å². The highest BCUT2D eigenvalue weighted by Gasteiger charge is 2.47. The molecule has 1 N–H and O–H groups in total. The standard InChI is InChI=1S/C27H32F2N8O/c1-17-32-25-23(37(17)21-13-27(28,29)14-21)12-18(15-30-25)22-6-7-36-24(22)16-31-26(34-36)33-19-2-4-20(5-3-19)35-8-10-38-11-9-35/h6-7,12,15-16,19-21H,2-5,8-11,13-14H2,1H3,(H,33,34). The first-order chi connectivity index (χ1) is 18.4. The van der Waals surface area contributed by atoms with Gasteiger partial charge in [-0.05, 0) is 44.7 Å². The Morgan fingerprint density at radius 3 is 2.55 bits per heavy atom. The number of hydrogen-bond acceptors (Lipinski definition) is 7. The van der Waals surface area contributed by atoms with Crippen molar-refractivity contribution in [3.05, 3.63) is 36.5 Å². The number of rotatable bonds is 5. The van der Waals surface area contributed by atoms with Crippen molar-refractivity contribution in [2.45, 2.75) is 69.5 Å². The predicted molar refractivity (Wildman–Crippen MR) is 140 cm³/mol. The molecule has 7 rings (SSSR count). The fourth-order valence-electron chi connectivity index (χ4n) is 6.43. The van der Waals surface area contributed by atoms with Crippen molar-refractivity contribution in [2.75, 3.05) is 31.6 Å². The maximum absolute atomic E-state index is 13.6. The molecule has 1 aliphatic heterocycles.